The molecule has 0 heterocycles. The van der Waals surface area contributed by atoms with Crippen LogP contribution in [0.2, 0.25) is 5.02 Å². The summed E-state index contributed by atoms with van der Waals surface area (Å²) in [6.45, 7) is 11.7. The van der Waals surface area contributed by atoms with Crippen LogP contribution in [0, 0.1) is 0 Å². The van der Waals surface area contributed by atoms with E-state index in [4.69, 9.17) is 16.3 Å². The Morgan fingerprint density at radius 2 is 1.74 bits per heavy atom. The van der Waals surface area contributed by atoms with Gasteiger partial charge in [-0.25, -0.2) is 0 Å². The summed E-state index contributed by atoms with van der Waals surface area (Å²) in [5.41, 5.74) is 1.48. The molecule has 0 aliphatic heterocycles. The summed E-state index contributed by atoms with van der Waals surface area (Å²) in [4.78, 5) is 27.5. The number of carbonyl (C=O) groups is 2. The van der Waals surface area contributed by atoms with Gasteiger partial charge in [0.2, 0.25) is 5.91 Å². The van der Waals surface area contributed by atoms with Gasteiger partial charge in [0.25, 0.3) is 5.91 Å². The molecule has 31 heavy (non-hydrogen) atoms. The van der Waals surface area contributed by atoms with Crippen LogP contribution in [-0.2, 0) is 16.1 Å². The van der Waals surface area contributed by atoms with Crippen molar-refractivity contribution in [1.82, 2.24) is 10.2 Å². The van der Waals surface area contributed by atoms with Crippen molar-refractivity contribution in [2.24, 2.45) is 0 Å². The molecule has 0 aliphatic carbocycles. The predicted octanol–water partition coefficient (Wildman–Crippen LogP) is 5.17. The van der Waals surface area contributed by atoms with Gasteiger partial charge >= 0.3 is 0 Å². The van der Waals surface area contributed by atoms with Crippen molar-refractivity contribution in [2.75, 3.05) is 6.61 Å². The van der Waals surface area contributed by atoms with E-state index in [1.807, 2.05) is 57.2 Å². The zero-order chi connectivity index (χ0) is 23.2. The summed E-state index contributed by atoms with van der Waals surface area (Å²) in [5.74, 6) is 0.464. The molecule has 2 aromatic rings. The third kappa shape index (κ3) is 7.59. The molecule has 0 fully saturated rings. The molecule has 0 saturated heterocycles. The van der Waals surface area contributed by atoms with E-state index in [9.17, 15) is 9.59 Å². The molecular weight excluding hydrogens is 412 g/mol. The SMILES string of the molecule is CC(C)c1ccccc1OCC(=O)N(Cc1cccc(Cl)c1)[C@H](C)C(=O)NC(C)(C)C. The summed E-state index contributed by atoms with van der Waals surface area (Å²) in [7, 11) is 0. The maximum Gasteiger partial charge on any atom is 0.261 e. The number of para-hydroxylation sites is 1. The molecule has 5 nitrogen and oxygen atoms in total. The monoisotopic (exact) mass is 444 g/mol. The summed E-state index contributed by atoms with van der Waals surface area (Å²) in [6, 6.07) is 14.3. The Morgan fingerprint density at radius 1 is 1.06 bits per heavy atom. The van der Waals surface area contributed by atoms with Crippen LogP contribution in [0.25, 0.3) is 0 Å². The number of nitrogens with one attached hydrogen (secondary N) is 1. The van der Waals surface area contributed by atoms with Crippen LogP contribution in [-0.4, -0.2) is 34.9 Å². The van der Waals surface area contributed by atoms with E-state index in [1.165, 1.54) is 4.90 Å². The average molecular weight is 445 g/mol. The van der Waals surface area contributed by atoms with E-state index in [2.05, 4.69) is 19.2 Å². The predicted molar refractivity (Wildman–Crippen MR) is 125 cm³/mol. The Labute approximate surface area is 190 Å². The summed E-state index contributed by atoms with van der Waals surface area (Å²) < 4.78 is 5.88. The number of halogens is 1. The molecule has 0 bridgehead atoms. The zero-order valence-corrected chi connectivity index (χ0v) is 20.0. The number of nitrogens with zero attached hydrogens (tertiary/aromatic N) is 1. The van der Waals surface area contributed by atoms with E-state index < -0.39 is 11.6 Å². The maximum atomic E-state index is 13.2. The lowest BCUT2D eigenvalue weighted by Gasteiger charge is -2.31. The number of ether oxygens (including phenoxy) is 1. The highest BCUT2D eigenvalue weighted by molar-refractivity contribution is 6.30. The van der Waals surface area contributed by atoms with Crippen LogP contribution in [0.4, 0.5) is 0 Å². The molecule has 0 radical (unpaired) electrons. The van der Waals surface area contributed by atoms with Gasteiger partial charge in [-0.1, -0.05) is 55.8 Å². The molecule has 0 spiro atoms. The molecule has 2 rings (SSSR count). The second-order valence-corrected chi connectivity index (χ2v) is 9.48. The topological polar surface area (TPSA) is 58.6 Å². The number of benzene rings is 2. The molecule has 0 unspecified atom stereocenters. The van der Waals surface area contributed by atoms with Gasteiger partial charge in [-0.2, -0.15) is 0 Å². The Kier molecular flexibility index (Phi) is 8.52. The highest BCUT2D eigenvalue weighted by atomic mass is 35.5. The van der Waals surface area contributed by atoms with Crippen molar-refractivity contribution in [3.05, 3.63) is 64.7 Å². The number of hydrogen-bond donors (Lipinski definition) is 1. The summed E-state index contributed by atoms with van der Waals surface area (Å²) in [5, 5.41) is 3.53. The minimum Gasteiger partial charge on any atom is -0.483 e. The van der Waals surface area contributed by atoms with Gasteiger partial charge < -0.3 is 15.0 Å². The van der Waals surface area contributed by atoms with Gasteiger partial charge in [-0.05, 0) is 62.9 Å². The highest BCUT2D eigenvalue weighted by Gasteiger charge is 2.29. The lowest BCUT2D eigenvalue weighted by molar-refractivity contribution is -0.142. The van der Waals surface area contributed by atoms with Gasteiger partial charge in [0.15, 0.2) is 6.61 Å². The number of hydrogen-bond acceptors (Lipinski definition) is 3. The second-order valence-electron chi connectivity index (χ2n) is 9.05. The minimum absolute atomic E-state index is 0.155. The third-order valence-electron chi connectivity index (χ3n) is 4.80. The van der Waals surface area contributed by atoms with Crippen molar-refractivity contribution >= 4 is 23.4 Å². The largest absolute Gasteiger partial charge is 0.483 e. The lowest BCUT2D eigenvalue weighted by atomic mass is 10.0. The molecule has 2 amide bonds. The van der Waals surface area contributed by atoms with Crippen LogP contribution in [0.1, 0.15) is 58.6 Å². The quantitative estimate of drug-likeness (QED) is 0.610. The van der Waals surface area contributed by atoms with E-state index in [1.54, 1.807) is 19.1 Å². The molecule has 0 aliphatic rings. The summed E-state index contributed by atoms with van der Waals surface area (Å²) >= 11 is 6.12. The van der Waals surface area contributed by atoms with E-state index in [0.717, 1.165) is 11.1 Å². The molecule has 168 valence electrons. The van der Waals surface area contributed by atoms with Crippen LogP contribution in [0.15, 0.2) is 48.5 Å². The standard InChI is InChI=1S/C25H33ClN2O3/c1-17(2)21-12-7-8-13-22(21)31-16-23(29)28(15-19-10-9-11-20(26)14-19)18(3)24(30)27-25(4,5)6/h7-14,17-18H,15-16H2,1-6H3,(H,27,30)/t18-/m1/s1. The van der Waals surface area contributed by atoms with Gasteiger partial charge in [0.1, 0.15) is 11.8 Å². The smallest absolute Gasteiger partial charge is 0.261 e. The van der Waals surface area contributed by atoms with Crippen LogP contribution >= 0.6 is 11.6 Å². The molecular formula is C25H33ClN2O3. The highest BCUT2D eigenvalue weighted by Crippen LogP contribution is 2.26. The number of rotatable bonds is 8. The Hall–Kier alpha value is -2.53. The second kappa shape index (κ2) is 10.7. The van der Waals surface area contributed by atoms with Crippen molar-refractivity contribution in [3.63, 3.8) is 0 Å². The van der Waals surface area contributed by atoms with Crippen LogP contribution < -0.4 is 10.1 Å². The molecule has 1 atom stereocenters. The lowest BCUT2D eigenvalue weighted by Crippen LogP contribution is -2.53. The molecule has 0 saturated carbocycles. The van der Waals surface area contributed by atoms with Crippen molar-refractivity contribution in [1.29, 1.82) is 0 Å². The van der Waals surface area contributed by atoms with Crippen LogP contribution in [0.3, 0.4) is 0 Å². The Balaban J connectivity index is 2.22. The fourth-order valence-corrected chi connectivity index (χ4v) is 3.41. The molecule has 2 aromatic carbocycles. The van der Waals surface area contributed by atoms with E-state index >= 15 is 0 Å². The third-order valence-corrected chi connectivity index (χ3v) is 5.03. The number of carbonyl (C=O) groups excluding carboxylic acids is 2. The Bertz CT molecular complexity index is 906. The summed E-state index contributed by atoms with van der Waals surface area (Å²) in [6.07, 6.45) is 0. The first kappa shape index (κ1) is 24.7. The van der Waals surface area contributed by atoms with Crippen molar-refractivity contribution in [2.45, 2.75) is 65.6 Å². The fourth-order valence-electron chi connectivity index (χ4n) is 3.20. The zero-order valence-electron chi connectivity index (χ0n) is 19.2. The Morgan fingerprint density at radius 3 is 2.35 bits per heavy atom. The van der Waals surface area contributed by atoms with Gasteiger partial charge in [-0.3, -0.25) is 9.59 Å². The first-order valence-corrected chi connectivity index (χ1v) is 10.9. The maximum absolute atomic E-state index is 13.2. The normalized spacial score (nSPS) is 12.4. The first-order chi connectivity index (χ1) is 14.5. The average Bonchev–Trinajstić information content (AvgIpc) is 2.68. The minimum atomic E-state index is -0.672. The van der Waals surface area contributed by atoms with Gasteiger partial charge in [0, 0.05) is 17.1 Å². The van der Waals surface area contributed by atoms with Crippen LogP contribution in [0.5, 0.6) is 5.75 Å². The van der Waals surface area contributed by atoms with Crippen molar-refractivity contribution < 1.29 is 14.3 Å². The van der Waals surface area contributed by atoms with E-state index in [0.29, 0.717) is 10.8 Å². The molecule has 6 heteroatoms. The number of amides is 2. The molecule has 1 N–H and O–H groups in total. The van der Waals surface area contributed by atoms with E-state index in [-0.39, 0.29) is 30.9 Å². The van der Waals surface area contributed by atoms with Gasteiger partial charge in [0.05, 0.1) is 0 Å². The van der Waals surface area contributed by atoms with Gasteiger partial charge in [-0.15, -0.1) is 0 Å². The molecule has 0 aromatic heterocycles. The fraction of sp³-hybridized carbons (Fsp3) is 0.440. The van der Waals surface area contributed by atoms with Crippen molar-refractivity contribution in [3.8, 4) is 5.75 Å². The first-order valence-electron chi connectivity index (χ1n) is 10.6.